The fraction of sp³-hybridized carbons (Fsp3) is 0.741. The van der Waals surface area contributed by atoms with Gasteiger partial charge in [-0.1, -0.05) is 209 Å². The molecule has 0 saturated heterocycles. The molecular formula is C58H101O11P. The number of aliphatic hydroxyl groups is 1. The van der Waals surface area contributed by atoms with Gasteiger partial charge in [-0.15, -0.1) is 0 Å². The van der Waals surface area contributed by atoms with Gasteiger partial charge in [-0.05, 0) is 83.5 Å². The zero-order chi connectivity index (χ0) is 51.3. The van der Waals surface area contributed by atoms with E-state index in [1.165, 1.54) is 51.4 Å². The maximum absolute atomic E-state index is 12.9. The van der Waals surface area contributed by atoms with Crippen molar-refractivity contribution >= 4 is 25.7 Å². The first-order valence-electron chi connectivity index (χ1n) is 27.8. The van der Waals surface area contributed by atoms with Crippen molar-refractivity contribution in [2.24, 2.45) is 0 Å². The summed E-state index contributed by atoms with van der Waals surface area (Å²) in [6.07, 6.45) is 57.2. The Hall–Kier alpha value is -3.08. The van der Waals surface area contributed by atoms with E-state index in [9.17, 15) is 28.9 Å². The van der Waals surface area contributed by atoms with E-state index in [1.54, 1.807) is 0 Å². The van der Waals surface area contributed by atoms with E-state index in [1.807, 2.05) is 0 Å². The fourth-order valence-corrected chi connectivity index (χ4v) is 8.23. The molecule has 0 fully saturated rings. The lowest BCUT2D eigenvalue weighted by molar-refractivity contribution is -0.161. The summed E-state index contributed by atoms with van der Waals surface area (Å²) < 4.78 is 39.4. The third-order valence-electron chi connectivity index (χ3n) is 11.6. The molecule has 0 bridgehead atoms. The number of phosphoric ester groups is 1. The van der Waals surface area contributed by atoms with Crippen LogP contribution in [0.4, 0.5) is 0 Å². The van der Waals surface area contributed by atoms with Gasteiger partial charge in [0.2, 0.25) is 0 Å². The molecule has 0 aliphatic carbocycles. The molecule has 70 heavy (non-hydrogen) atoms. The zero-order valence-corrected chi connectivity index (χ0v) is 45.4. The summed E-state index contributed by atoms with van der Waals surface area (Å²) in [5.41, 5.74) is 0. The lowest BCUT2D eigenvalue weighted by Gasteiger charge is -2.21. The minimum Gasteiger partial charge on any atom is -0.462 e. The van der Waals surface area contributed by atoms with Gasteiger partial charge in [-0.2, -0.15) is 0 Å². The second-order valence-corrected chi connectivity index (χ2v) is 19.8. The molecule has 0 aromatic rings. The van der Waals surface area contributed by atoms with E-state index in [-0.39, 0.29) is 25.9 Å². The third-order valence-corrected chi connectivity index (χ3v) is 12.6. The summed E-state index contributed by atoms with van der Waals surface area (Å²) in [4.78, 5) is 48.4. The molecular weight excluding hydrogens is 904 g/mol. The molecule has 0 rings (SSSR count). The zero-order valence-electron chi connectivity index (χ0n) is 44.5. The van der Waals surface area contributed by atoms with Crippen LogP contribution in [0.2, 0.25) is 0 Å². The standard InChI is InChI=1S/C58H101O11P/c1-4-7-10-13-16-19-22-24-26-27-29-31-34-37-40-43-46-49-58(62)69-55(51-65-56(60)47-44-41-38-35-33-30-28-25-23-20-17-14-11-8-5-2)53-67-70(63,64)66-52-54(50-59)68-57(61)48-45-42-39-36-32-21-18-15-12-9-6-3/h7-8,10-11,16-17,19-20,24-26,28,54-55,59H,4-6,9,12-15,18,21-23,27,29-53H2,1-3H3,(H,63,64)/b10-7-,11-8-,19-16-,20-17-,26-24-,28-25-. The highest BCUT2D eigenvalue weighted by atomic mass is 31.2. The van der Waals surface area contributed by atoms with E-state index >= 15 is 0 Å². The van der Waals surface area contributed by atoms with Crippen molar-refractivity contribution in [2.45, 2.75) is 251 Å². The molecule has 0 spiro atoms. The van der Waals surface area contributed by atoms with Gasteiger partial charge >= 0.3 is 25.7 Å². The largest absolute Gasteiger partial charge is 0.472 e. The smallest absolute Gasteiger partial charge is 0.462 e. The van der Waals surface area contributed by atoms with Gasteiger partial charge in [0.05, 0.1) is 19.8 Å². The van der Waals surface area contributed by atoms with Gasteiger partial charge in [0.25, 0.3) is 0 Å². The van der Waals surface area contributed by atoms with Crippen molar-refractivity contribution in [3.05, 3.63) is 72.9 Å². The molecule has 0 amide bonds. The van der Waals surface area contributed by atoms with E-state index < -0.39 is 57.8 Å². The first-order chi connectivity index (χ1) is 34.2. The van der Waals surface area contributed by atoms with E-state index in [0.29, 0.717) is 19.3 Å². The number of phosphoric acid groups is 1. The minimum absolute atomic E-state index is 0.151. The molecule has 0 heterocycles. The summed E-state index contributed by atoms with van der Waals surface area (Å²) >= 11 is 0. The molecule has 11 nitrogen and oxygen atoms in total. The van der Waals surface area contributed by atoms with Crippen LogP contribution in [0.3, 0.4) is 0 Å². The maximum atomic E-state index is 12.9. The second-order valence-electron chi connectivity index (χ2n) is 18.3. The van der Waals surface area contributed by atoms with Crippen LogP contribution in [0.1, 0.15) is 239 Å². The first-order valence-corrected chi connectivity index (χ1v) is 29.3. The summed E-state index contributed by atoms with van der Waals surface area (Å²) in [6, 6.07) is 0. The van der Waals surface area contributed by atoms with Gasteiger partial charge in [-0.25, -0.2) is 4.57 Å². The Morgan fingerprint density at radius 3 is 1.14 bits per heavy atom. The van der Waals surface area contributed by atoms with Gasteiger partial charge < -0.3 is 24.2 Å². The maximum Gasteiger partial charge on any atom is 0.472 e. The van der Waals surface area contributed by atoms with E-state index in [4.69, 9.17) is 23.3 Å². The lowest BCUT2D eigenvalue weighted by atomic mass is 10.1. The molecule has 0 aromatic heterocycles. The number of hydrogen-bond acceptors (Lipinski definition) is 10. The first kappa shape index (κ1) is 66.9. The molecule has 3 unspecified atom stereocenters. The topological polar surface area (TPSA) is 155 Å². The molecule has 12 heteroatoms. The number of unbranched alkanes of at least 4 members (excludes halogenated alkanes) is 22. The number of aliphatic hydroxyl groups excluding tert-OH is 1. The van der Waals surface area contributed by atoms with Crippen LogP contribution in [0.15, 0.2) is 72.9 Å². The molecule has 0 saturated carbocycles. The van der Waals surface area contributed by atoms with Crippen molar-refractivity contribution in [3.63, 3.8) is 0 Å². The molecule has 404 valence electrons. The van der Waals surface area contributed by atoms with Crippen molar-refractivity contribution in [1.82, 2.24) is 0 Å². The number of carbonyl (C=O) groups is 3. The van der Waals surface area contributed by atoms with E-state index in [0.717, 1.165) is 128 Å². The highest BCUT2D eigenvalue weighted by Crippen LogP contribution is 2.43. The van der Waals surface area contributed by atoms with Crippen LogP contribution in [-0.2, 0) is 42.2 Å². The number of allylic oxidation sites excluding steroid dienone is 12. The fourth-order valence-electron chi connectivity index (χ4n) is 7.44. The lowest BCUT2D eigenvalue weighted by Crippen LogP contribution is -2.30. The van der Waals surface area contributed by atoms with E-state index in [2.05, 4.69) is 93.7 Å². The second kappa shape index (κ2) is 52.2. The molecule has 0 aliphatic heterocycles. The average molecular weight is 1010 g/mol. The predicted molar refractivity (Wildman–Crippen MR) is 288 cm³/mol. The SMILES string of the molecule is CC/C=C\C/C=C\C/C=C\CCCCCCCCCC(=O)OC(COC(=O)CCCCCCC/C=C\C/C=C\C/C=C\CC)COP(=O)(O)OCC(CO)OC(=O)CCCCCCCCCCCCC. The average Bonchev–Trinajstić information content (AvgIpc) is 3.35. The number of rotatable bonds is 51. The Kier molecular flexibility index (Phi) is 50.0. The Balaban J connectivity index is 4.77. The number of ether oxygens (including phenoxy) is 3. The minimum atomic E-state index is -4.75. The summed E-state index contributed by atoms with van der Waals surface area (Å²) in [5, 5.41) is 9.78. The Morgan fingerprint density at radius 1 is 0.414 bits per heavy atom. The Morgan fingerprint density at radius 2 is 0.743 bits per heavy atom. The molecule has 0 radical (unpaired) electrons. The van der Waals surface area contributed by atoms with Crippen LogP contribution < -0.4 is 0 Å². The van der Waals surface area contributed by atoms with Crippen molar-refractivity contribution < 1.29 is 52.2 Å². The van der Waals surface area contributed by atoms with Crippen LogP contribution >= 0.6 is 7.82 Å². The van der Waals surface area contributed by atoms with Gasteiger partial charge in [0, 0.05) is 19.3 Å². The highest BCUT2D eigenvalue weighted by Gasteiger charge is 2.28. The van der Waals surface area contributed by atoms with Gasteiger partial charge in [0.15, 0.2) is 6.10 Å². The molecule has 3 atom stereocenters. The van der Waals surface area contributed by atoms with Crippen LogP contribution in [0.25, 0.3) is 0 Å². The van der Waals surface area contributed by atoms with Crippen molar-refractivity contribution in [3.8, 4) is 0 Å². The molecule has 0 aromatic carbocycles. The highest BCUT2D eigenvalue weighted by molar-refractivity contribution is 7.47. The summed E-state index contributed by atoms with van der Waals surface area (Å²) in [6.45, 7) is 4.39. The number of esters is 3. The number of hydrogen-bond donors (Lipinski definition) is 2. The molecule has 0 aliphatic rings. The van der Waals surface area contributed by atoms with Gasteiger partial charge in [-0.3, -0.25) is 23.4 Å². The normalized spacial score (nSPS) is 14.0. The quantitative estimate of drug-likeness (QED) is 0.0197. The van der Waals surface area contributed by atoms with Crippen LogP contribution in [-0.4, -0.2) is 66.5 Å². The summed E-state index contributed by atoms with van der Waals surface area (Å²) in [7, 11) is -4.75. The van der Waals surface area contributed by atoms with Crippen molar-refractivity contribution in [1.29, 1.82) is 0 Å². The predicted octanol–water partition coefficient (Wildman–Crippen LogP) is 16.1. The third kappa shape index (κ3) is 49.9. The van der Waals surface area contributed by atoms with Crippen LogP contribution in [0.5, 0.6) is 0 Å². The number of carbonyl (C=O) groups excluding carboxylic acids is 3. The van der Waals surface area contributed by atoms with Crippen LogP contribution in [0, 0.1) is 0 Å². The van der Waals surface area contributed by atoms with Gasteiger partial charge in [0.1, 0.15) is 12.7 Å². The van der Waals surface area contributed by atoms with Crippen molar-refractivity contribution in [2.75, 3.05) is 26.4 Å². The summed E-state index contributed by atoms with van der Waals surface area (Å²) in [5.74, 6) is -1.49. The Labute approximate surface area is 427 Å². The molecule has 2 N–H and O–H groups in total. The monoisotopic (exact) mass is 1000 g/mol. The Bertz CT molecular complexity index is 1450.